The summed E-state index contributed by atoms with van der Waals surface area (Å²) in [4.78, 5) is 0. The molecule has 0 heterocycles. The highest BCUT2D eigenvalue weighted by Crippen LogP contribution is 2.12. The van der Waals surface area contributed by atoms with Crippen LogP contribution in [0.5, 0.6) is 0 Å². The minimum atomic E-state index is -0.937. The molecule has 47 valence electrons. The summed E-state index contributed by atoms with van der Waals surface area (Å²) in [5, 5.41) is -0.937. The number of anilines is 1. The van der Waals surface area contributed by atoms with Gasteiger partial charge in [0.05, 0.1) is 0 Å². The average molecular weight is 128 g/mol. The van der Waals surface area contributed by atoms with E-state index < -0.39 is 5.34 Å². The van der Waals surface area contributed by atoms with Gasteiger partial charge in [0, 0.05) is 0 Å². The highest BCUT2D eigenvalue weighted by Gasteiger charge is 1.97. The molecule has 1 radical (unpaired) electrons. The van der Waals surface area contributed by atoms with Crippen LogP contribution in [0, 0.1) is 6.07 Å². The van der Waals surface area contributed by atoms with Crippen LogP contribution in [-0.2, 0) is 0 Å². The molecule has 1 aromatic rings. The summed E-state index contributed by atoms with van der Waals surface area (Å²) in [6.45, 7) is 0. The molecule has 0 aliphatic rings. The van der Waals surface area contributed by atoms with Gasteiger partial charge in [-0.3, -0.25) is 0 Å². The Balaban J connectivity index is 2.85. The zero-order chi connectivity index (χ0) is 6.69. The minimum Gasteiger partial charge on any atom is -0.0666 e. The van der Waals surface area contributed by atoms with E-state index in [1.54, 1.807) is 0 Å². The second-order valence-electron chi connectivity index (χ2n) is 1.49. The fourth-order valence-electron chi connectivity index (χ4n) is 0.491. The number of rotatable bonds is 1. The fraction of sp³-hybridized carbons (Fsp3) is 0. The van der Waals surface area contributed by atoms with Gasteiger partial charge in [0.2, 0.25) is 0 Å². The van der Waals surface area contributed by atoms with Crippen LogP contribution in [0.2, 0.25) is 0 Å². The van der Waals surface area contributed by atoms with Crippen molar-refractivity contribution in [2.75, 3.05) is 5.34 Å². The van der Waals surface area contributed by atoms with E-state index in [-0.39, 0.29) is 5.69 Å². The number of hydrogen-bond donors (Lipinski definition) is 0. The van der Waals surface area contributed by atoms with Crippen molar-refractivity contribution in [3.05, 3.63) is 30.3 Å². The molecule has 0 amide bonds. The minimum absolute atomic E-state index is 0.117. The van der Waals surface area contributed by atoms with Gasteiger partial charge < -0.3 is 0 Å². The smallest absolute Gasteiger partial charge is 0.0666 e. The molecule has 0 unspecified atom stereocenters. The third-order valence-corrected chi connectivity index (χ3v) is 0.896. The summed E-state index contributed by atoms with van der Waals surface area (Å²) < 4.78 is 23.2. The van der Waals surface area contributed by atoms with Crippen molar-refractivity contribution in [1.29, 1.82) is 0 Å². The molecule has 1 rings (SSSR count). The van der Waals surface area contributed by atoms with Crippen molar-refractivity contribution in [3.63, 3.8) is 0 Å². The van der Waals surface area contributed by atoms with E-state index in [4.69, 9.17) is 0 Å². The summed E-state index contributed by atoms with van der Waals surface area (Å²) >= 11 is 0. The van der Waals surface area contributed by atoms with E-state index in [0.717, 1.165) is 0 Å². The number of benzene rings is 1. The van der Waals surface area contributed by atoms with Crippen LogP contribution >= 0.6 is 0 Å². The van der Waals surface area contributed by atoms with Crippen LogP contribution in [0.3, 0.4) is 0 Å². The lowest BCUT2D eigenvalue weighted by Gasteiger charge is -1.97. The molecule has 0 spiro atoms. The Morgan fingerprint density at radius 3 is 2.11 bits per heavy atom. The van der Waals surface area contributed by atoms with Crippen molar-refractivity contribution in [1.82, 2.24) is 0 Å². The molecule has 0 aliphatic heterocycles. The Kier molecular flexibility index (Phi) is 1.63. The molecule has 0 saturated carbocycles. The topological polar surface area (TPSA) is 3.24 Å². The van der Waals surface area contributed by atoms with Crippen LogP contribution in [0.4, 0.5) is 14.6 Å². The summed E-state index contributed by atoms with van der Waals surface area (Å²) in [7, 11) is 0. The van der Waals surface area contributed by atoms with Gasteiger partial charge in [-0.05, 0) is 23.5 Å². The molecule has 0 atom stereocenters. The number of hydrogen-bond acceptors (Lipinski definition) is 1. The number of nitrogens with zero attached hydrogens (tertiary/aromatic N) is 1. The van der Waals surface area contributed by atoms with E-state index in [2.05, 4.69) is 6.07 Å². The molecule has 9 heavy (non-hydrogen) atoms. The summed E-state index contributed by atoms with van der Waals surface area (Å²) in [6.07, 6.45) is 0. The molecule has 0 saturated heterocycles. The predicted molar refractivity (Wildman–Crippen MR) is 30.0 cm³/mol. The third-order valence-electron chi connectivity index (χ3n) is 0.896. The quantitative estimate of drug-likeness (QED) is 0.523. The predicted octanol–water partition coefficient (Wildman–Crippen LogP) is 2.06. The Morgan fingerprint density at radius 1 is 1.22 bits per heavy atom. The van der Waals surface area contributed by atoms with Gasteiger partial charge in [0.25, 0.3) is 0 Å². The maximum atomic E-state index is 11.6. The molecule has 0 aliphatic carbocycles. The Morgan fingerprint density at radius 2 is 1.78 bits per heavy atom. The first kappa shape index (κ1) is 6.01. The average Bonchev–Trinajstić information content (AvgIpc) is 1.90. The second kappa shape index (κ2) is 2.44. The summed E-state index contributed by atoms with van der Waals surface area (Å²) in [6, 6.07) is 8.05. The lowest BCUT2D eigenvalue weighted by atomic mass is 10.3. The van der Waals surface area contributed by atoms with Crippen molar-refractivity contribution in [3.8, 4) is 0 Å². The molecule has 3 heteroatoms. The van der Waals surface area contributed by atoms with Crippen LogP contribution in [-0.4, -0.2) is 0 Å². The first-order valence-electron chi connectivity index (χ1n) is 2.38. The van der Waals surface area contributed by atoms with Gasteiger partial charge in [-0.25, -0.2) is 0 Å². The van der Waals surface area contributed by atoms with Crippen LogP contribution < -0.4 is 5.34 Å². The zero-order valence-corrected chi connectivity index (χ0v) is 4.51. The SMILES string of the molecule is FN(F)c1cc[c]cc1. The summed E-state index contributed by atoms with van der Waals surface area (Å²) in [5.74, 6) is 0. The van der Waals surface area contributed by atoms with Gasteiger partial charge >= 0.3 is 0 Å². The second-order valence-corrected chi connectivity index (χ2v) is 1.49. The fourth-order valence-corrected chi connectivity index (χ4v) is 0.491. The van der Waals surface area contributed by atoms with Gasteiger partial charge in [-0.1, -0.05) is 21.1 Å². The molecule has 0 bridgehead atoms. The standard InChI is InChI=1S/C6H4F2N/c7-9(8)6-4-2-1-3-5-6/h2-5H. The summed E-state index contributed by atoms with van der Waals surface area (Å²) in [5.41, 5.74) is -0.117. The van der Waals surface area contributed by atoms with Gasteiger partial charge in [-0.15, -0.1) is 0 Å². The molecular formula is C6H4F2N. The first-order valence-corrected chi connectivity index (χ1v) is 2.38. The lowest BCUT2D eigenvalue weighted by Crippen LogP contribution is -1.93. The molecule has 0 N–H and O–H groups in total. The molecule has 0 aromatic heterocycles. The van der Waals surface area contributed by atoms with Gasteiger partial charge in [0.15, 0.2) is 0 Å². The molecule has 1 aromatic carbocycles. The highest BCUT2D eigenvalue weighted by molar-refractivity contribution is 5.39. The maximum Gasteiger partial charge on any atom is 0.105 e. The van der Waals surface area contributed by atoms with Crippen molar-refractivity contribution in [2.24, 2.45) is 0 Å². The van der Waals surface area contributed by atoms with Crippen LogP contribution in [0.15, 0.2) is 24.3 Å². The van der Waals surface area contributed by atoms with Crippen molar-refractivity contribution >= 4 is 5.69 Å². The largest absolute Gasteiger partial charge is 0.105 e. The Hall–Kier alpha value is -1.12. The number of halogens is 2. The molecular weight excluding hydrogens is 124 g/mol. The van der Waals surface area contributed by atoms with Crippen LogP contribution in [0.1, 0.15) is 0 Å². The highest BCUT2D eigenvalue weighted by atomic mass is 19.4. The Bertz CT molecular complexity index is 174. The van der Waals surface area contributed by atoms with E-state index >= 15 is 0 Å². The van der Waals surface area contributed by atoms with Crippen LogP contribution in [0.25, 0.3) is 0 Å². The molecule has 1 nitrogen and oxygen atoms in total. The van der Waals surface area contributed by atoms with Gasteiger partial charge in [-0.2, -0.15) is 0 Å². The van der Waals surface area contributed by atoms with E-state index in [0.29, 0.717) is 0 Å². The zero-order valence-electron chi connectivity index (χ0n) is 4.51. The van der Waals surface area contributed by atoms with E-state index in [1.807, 2.05) is 0 Å². The Labute approximate surface area is 51.4 Å². The first-order chi connectivity index (χ1) is 4.30. The van der Waals surface area contributed by atoms with E-state index in [9.17, 15) is 8.96 Å². The monoisotopic (exact) mass is 128 g/mol. The van der Waals surface area contributed by atoms with Gasteiger partial charge in [0.1, 0.15) is 5.69 Å². The normalized spacial score (nSPS) is 9.11. The van der Waals surface area contributed by atoms with Crippen molar-refractivity contribution in [2.45, 2.75) is 0 Å². The lowest BCUT2D eigenvalue weighted by molar-refractivity contribution is 0.235. The van der Waals surface area contributed by atoms with Crippen molar-refractivity contribution < 1.29 is 8.96 Å². The third kappa shape index (κ3) is 1.38. The molecule has 0 fully saturated rings. The maximum absolute atomic E-state index is 11.6. The van der Waals surface area contributed by atoms with E-state index in [1.165, 1.54) is 24.3 Å².